The van der Waals surface area contributed by atoms with E-state index in [1.807, 2.05) is 0 Å². The Hall–Kier alpha value is -0.320. The van der Waals surface area contributed by atoms with Crippen LogP contribution >= 0.6 is 0 Å². The summed E-state index contributed by atoms with van der Waals surface area (Å²) in [5, 5.41) is 14.6. The topological polar surface area (TPSA) is 75.9 Å². The van der Waals surface area contributed by atoms with Gasteiger partial charge in [-0.15, -0.1) is 0 Å². The Labute approximate surface area is 151 Å². The van der Waals surface area contributed by atoms with Crippen molar-refractivity contribution >= 4 is 0 Å². The Morgan fingerprint density at radius 3 is 2.56 bits per heavy atom. The van der Waals surface area contributed by atoms with E-state index in [1.165, 1.54) is 32.1 Å². The number of nitrogens with zero attached hydrogens (tertiary/aromatic N) is 2. The third-order valence-electron chi connectivity index (χ3n) is 6.24. The maximum atomic E-state index is 6.00. The summed E-state index contributed by atoms with van der Waals surface area (Å²) < 4.78 is 0. The van der Waals surface area contributed by atoms with E-state index in [-0.39, 0.29) is 12.4 Å². The van der Waals surface area contributed by atoms with Crippen LogP contribution in [0.1, 0.15) is 32.1 Å². The van der Waals surface area contributed by atoms with Crippen LogP contribution in [-0.2, 0) is 4.84 Å². The molecule has 4 saturated heterocycles. The van der Waals surface area contributed by atoms with Crippen molar-refractivity contribution in [2.45, 2.75) is 63.0 Å². The molecule has 5 N–H and O–H groups in total. The number of piperidine rings is 1. The second kappa shape index (κ2) is 8.14. The highest BCUT2D eigenvalue weighted by Crippen LogP contribution is 2.26. The van der Waals surface area contributed by atoms with Gasteiger partial charge in [-0.05, 0) is 59.3 Å². The lowest BCUT2D eigenvalue weighted by Gasteiger charge is -2.38. The molecule has 4 aliphatic rings. The van der Waals surface area contributed by atoms with Gasteiger partial charge in [-0.2, -0.15) is 5.48 Å². The van der Waals surface area contributed by atoms with E-state index >= 15 is 0 Å². The number of hydroxylamine groups is 1. The van der Waals surface area contributed by atoms with Crippen molar-refractivity contribution in [1.82, 2.24) is 36.5 Å². The van der Waals surface area contributed by atoms with Crippen LogP contribution in [0.4, 0.5) is 0 Å². The SMILES string of the molecule is CN(C)C1CCC(C2NOC([C@H]3CCCN3C3NCCCN3)N2)CN1. The van der Waals surface area contributed by atoms with Gasteiger partial charge in [-0.1, -0.05) is 0 Å². The van der Waals surface area contributed by atoms with Gasteiger partial charge in [0.15, 0.2) is 0 Å². The van der Waals surface area contributed by atoms with Gasteiger partial charge >= 0.3 is 0 Å². The molecule has 0 radical (unpaired) electrons. The summed E-state index contributed by atoms with van der Waals surface area (Å²) >= 11 is 0. The molecule has 4 aliphatic heterocycles. The zero-order chi connectivity index (χ0) is 17.2. The van der Waals surface area contributed by atoms with Crippen LogP contribution in [0.3, 0.4) is 0 Å². The first-order valence-corrected chi connectivity index (χ1v) is 10.0. The van der Waals surface area contributed by atoms with Crippen LogP contribution < -0.4 is 26.7 Å². The van der Waals surface area contributed by atoms with Crippen molar-refractivity contribution < 1.29 is 4.84 Å². The summed E-state index contributed by atoms with van der Waals surface area (Å²) in [6.45, 7) is 4.36. The van der Waals surface area contributed by atoms with E-state index in [2.05, 4.69) is 50.6 Å². The molecule has 0 aromatic heterocycles. The minimum Gasteiger partial charge on any atom is -0.301 e. The fourth-order valence-electron chi connectivity index (χ4n) is 4.74. The molecule has 4 fully saturated rings. The highest BCUT2D eigenvalue weighted by Gasteiger charge is 2.42. The number of hydrogen-bond donors (Lipinski definition) is 5. The molecule has 4 heterocycles. The van der Waals surface area contributed by atoms with Crippen molar-refractivity contribution in [2.24, 2.45) is 5.92 Å². The second-order valence-electron chi connectivity index (χ2n) is 8.14. The molecule has 0 bridgehead atoms. The van der Waals surface area contributed by atoms with Crippen molar-refractivity contribution in [1.29, 1.82) is 0 Å². The summed E-state index contributed by atoms with van der Waals surface area (Å²) in [6.07, 6.45) is 7.17. The summed E-state index contributed by atoms with van der Waals surface area (Å²) in [5.41, 5.74) is 3.29. The number of nitrogens with one attached hydrogen (secondary N) is 5. The predicted octanol–water partition coefficient (Wildman–Crippen LogP) is -1.02. The van der Waals surface area contributed by atoms with Crippen LogP contribution in [0.15, 0.2) is 0 Å². The molecular weight excluding hydrogens is 318 g/mol. The van der Waals surface area contributed by atoms with Gasteiger partial charge in [-0.25, -0.2) is 0 Å². The fraction of sp³-hybridized carbons (Fsp3) is 1.00. The molecule has 144 valence electrons. The average molecular weight is 354 g/mol. The zero-order valence-corrected chi connectivity index (χ0v) is 15.6. The molecule has 0 aromatic carbocycles. The Morgan fingerprint density at radius 1 is 1.00 bits per heavy atom. The molecule has 4 rings (SSSR count). The molecule has 0 saturated carbocycles. The Bertz CT molecular complexity index is 423. The zero-order valence-electron chi connectivity index (χ0n) is 15.6. The van der Waals surface area contributed by atoms with E-state index in [0.717, 1.165) is 26.2 Å². The number of likely N-dealkylation sites (tertiary alicyclic amines) is 1. The fourth-order valence-corrected chi connectivity index (χ4v) is 4.74. The monoisotopic (exact) mass is 353 g/mol. The molecule has 8 nitrogen and oxygen atoms in total. The summed E-state index contributed by atoms with van der Waals surface area (Å²) in [4.78, 5) is 10.8. The predicted molar refractivity (Wildman–Crippen MR) is 97.3 cm³/mol. The molecule has 5 atom stereocenters. The Kier molecular flexibility index (Phi) is 5.88. The smallest absolute Gasteiger partial charge is 0.146 e. The second-order valence-corrected chi connectivity index (χ2v) is 8.14. The quantitative estimate of drug-likeness (QED) is 0.440. The van der Waals surface area contributed by atoms with Gasteiger partial charge in [0.1, 0.15) is 12.5 Å². The van der Waals surface area contributed by atoms with E-state index in [9.17, 15) is 0 Å². The molecule has 0 amide bonds. The van der Waals surface area contributed by atoms with E-state index in [1.54, 1.807) is 0 Å². The number of hydrogen-bond acceptors (Lipinski definition) is 8. The third kappa shape index (κ3) is 4.01. The van der Waals surface area contributed by atoms with E-state index in [4.69, 9.17) is 4.84 Å². The average Bonchev–Trinajstić information content (AvgIpc) is 3.32. The van der Waals surface area contributed by atoms with Gasteiger partial charge in [-0.3, -0.25) is 30.6 Å². The summed E-state index contributed by atoms with van der Waals surface area (Å²) in [6, 6.07) is 0.423. The van der Waals surface area contributed by atoms with Gasteiger partial charge in [0.2, 0.25) is 0 Å². The molecular formula is C17H35N7O. The molecule has 0 aromatic rings. The van der Waals surface area contributed by atoms with Crippen molar-refractivity contribution in [3.63, 3.8) is 0 Å². The minimum absolute atomic E-state index is 0.0737. The minimum atomic E-state index is 0.0737. The highest BCUT2D eigenvalue weighted by atomic mass is 16.7. The van der Waals surface area contributed by atoms with Gasteiger partial charge in [0.25, 0.3) is 0 Å². The summed E-state index contributed by atoms with van der Waals surface area (Å²) in [7, 11) is 4.29. The Balaban J connectivity index is 1.30. The van der Waals surface area contributed by atoms with Crippen molar-refractivity contribution in [3.8, 4) is 0 Å². The van der Waals surface area contributed by atoms with Crippen LogP contribution in [-0.4, -0.2) is 81.0 Å². The van der Waals surface area contributed by atoms with Crippen molar-refractivity contribution in [3.05, 3.63) is 0 Å². The van der Waals surface area contributed by atoms with Crippen LogP contribution in [0.2, 0.25) is 0 Å². The lowest BCUT2D eigenvalue weighted by Crippen LogP contribution is -2.62. The Morgan fingerprint density at radius 2 is 1.84 bits per heavy atom. The molecule has 25 heavy (non-hydrogen) atoms. The standard InChI is InChI=1S/C17H35N7O/c1-23(2)14-7-6-12(11-20-14)15-21-16(25-22-15)13-5-3-10-24(13)17-18-8-4-9-19-17/h12-22H,3-11H2,1-2H3/t12?,13-,14?,15?,16?/m1/s1. The van der Waals surface area contributed by atoms with Crippen LogP contribution in [0, 0.1) is 5.92 Å². The summed E-state index contributed by atoms with van der Waals surface area (Å²) in [5.74, 6) is 0.571. The maximum absolute atomic E-state index is 6.00. The lowest BCUT2D eigenvalue weighted by molar-refractivity contribution is -0.0410. The first kappa shape index (κ1) is 18.1. The van der Waals surface area contributed by atoms with E-state index < -0.39 is 0 Å². The molecule has 4 unspecified atom stereocenters. The van der Waals surface area contributed by atoms with Crippen molar-refractivity contribution in [2.75, 3.05) is 40.3 Å². The van der Waals surface area contributed by atoms with Crippen LogP contribution in [0.5, 0.6) is 0 Å². The lowest BCUT2D eigenvalue weighted by atomic mass is 9.94. The molecule has 0 spiro atoms. The molecule has 0 aliphatic carbocycles. The highest BCUT2D eigenvalue weighted by molar-refractivity contribution is 4.93. The van der Waals surface area contributed by atoms with Gasteiger partial charge < -0.3 is 5.32 Å². The van der Waals surface area contributed by atoms with Crippen LogP contribution in [0.25, 0.3) is 0 Å². The van der Waals surface area contributed by atoms with E-state index in [0.29, 0.717) is 24.4 Å². The maximum Gasteiger partial charge on any atom is 0.146 e. The molecule has 8 heteroatoms. The van der Waals surface area contributed by atoms with Gasteiger partial charge in [0.05, 0.1) is 18.4 Å². The normalized spacial score (nSPS) is 41.6. The first-order chi connectivity index (χ1) is 12.2. The van der Waals surface area contributed by atoms with Gasteiger partial charge in [0, 0.05) is 19.0 Å². The third-order valence-corrected chi connectivity index (χ3v) is 6.24. The number of rotatable bonds is 4. The largest absolute Gasteiger partial charge is 0.301 e. The first-order valence-electron chi connectivity index (χ1n) is 10.0.